The highest BCUT2D eigenvalue weighted by Gasteiger charge is 2.23. The summed E-state index contributed by atoms with van der Waals surface area (Å²) < 4.78 is 0. The average Bonchev–Trinajstić information content (AvgIpc) is 2.30. The first-order valence-electron chi connectivity index (χ1n) is 6.49. The summed E-state index contributed by atoms with van der Waals surface area (Å²) in [5.74, 6) is 0.437. The number of nitrogens with one attached hydrogen (secondary N) is 1. The lowest BCUT2D eigenvalue weighted by Gasteiger charge is -2.20. The molecule has 0 saturated carbocycles. The summed E-state index contributed by atoms with van der Waals surface area (Å²) in [6, 6.07) is 10.0. The fourth-order valence-electron chi connectivity index (χ4n) is 2.00. The molecule has 1 rings (SSSR count). The smallest absolute Gasteiger partial charge is 0.227 e. The maximum absolute atomic E-state index is 12.1. The Morgan fingerprint density at radius 2 is 1.88 bits per heavy atom. The van der Waals surface area contributed by atoms with Gasteiger partial charge in [-0.15, -0.1) is 0 Å². The summed E-state index contributed by atoms with van der Waals surface area (Å²) in [4.78, 5) is 12.1. The van der Waals surface area contributed by atoms with E-state index in [1.165, 1.54) is 0 Å². The van der Waals surface area contributed by atoms with E-state index in [9.17, 15) is 4.79 Å². The molecule has 1 unspecified atom stereocenters. The van der Waals surface area contributed by atoms with Crippen molar-refractivity contribution in [3.8, 4) is 0 Å². The van der Waals surface area contributed by atoms with E-state index in [2.05, 4.69) is 26.1 Å². The minimum absolute atomic E-state index is 0.0342. The lowest BCUT2D eigenvalue weighted by molar-refractivity contribution is -0.123. The van der Waals surface area contributed by atoms with Crippen LogP contribution >= 0.6 is 0 Å². The molecule has 2 nitrogen and oxygen atoms in total. The Labute approximate surface area is 104 Å². The lowest BCUT2D eigenvalue weighted by atomic mass is 9.87. The highest BCUT2D eigenvalue weighted by molar-refractivity contribution is 5.83. The van der Waals surface area contributed by atoms with Crippen LogP contribution in [0.2, 0.25) is 0 Å². The van der Waals surface area contributed by atoms with Gasteiger partial charge in [-0.2, -0.15) is 0 Å². The Kier molecular flexibility index (Phi) is 5.75. The second-order valence-corrected chi connectivity index (χ2v) is 4.78. The third-order valence-electron chi connectivity index (χ3n) is 2.94. The van der Waals surface area contributed by atoms with Crippen molar-refractivity contribution in [2.24, 2.45) is 5.92 Å². The van der Waals surface area contributed by atoms with Gasteiger partial charge in [0.05, 0.1) is 5.92 Å². The Morgan fingerprint density at radius 1 is 1.24 bits per heavy atom. The molecule has 0 heterocycles. The van der Waals surface area contributed by atoms with Crippen LogP contribution in [0.15, 0.2) is 30.3 Å². The second-order valence-electron chi connectivity index (χ2n) is 4.78. The molecule has 0 aliphatic carbocycles. The molecule has 1 atom stereocenters. The molecule has 1 N–H and O–H groups in total. The topological polar surface area (TPSA) is 29.1 Å². The molecule has 0 saturated heterocycles. The van der Waals surface area contributed by atoms with Crippen molar-refractivity contribution >= 4 is 5.91 Å². The van der Waals surface area contributed by atoms with Crippen molar-refractivity contribution in [2.75, 3.05) is 6.54 Å². The van der Waals surface area contributed by atoms with Crippen LogP contribution in [0.4, 0.5) is 0 Å². The van der Waals surface area contributed by atoms with Crippen LogP contribution < -0.4 is 5.32 Å². The zero-order chi connectivity index (χ0) is 12.7. The molecule has 17 heavy (non-hydrogen) atoms. The first-order chi connectivity index (χ1) is 8.16. The molecule has 94 valence electrons. The lowest BCUT2D eigenvalue weighted by Crippen LogP contribution is -2.32. The van der Waals surface area contributed by atoms with E-state index >= 15 is 0 Å². The molecule has 0 aliphatic heterocycles. The Morgan fingerprint density at radius 3 is 2.41 bits per heavy atom. The van der Waals surface area contributed by atoms with E-state index in [0.717, 1.165) is 24.9 Å². The summed E-state index contributed by atoms with van der Waals surface area (Å²) in [5.41, 5.74) is 1.11. The van der Waals surface area contributed by atoms with E-state index < -0.39 is 0 Å². The number of benzene rings is 1. The monoisotopic (exact) mass is 233 g/mol. The van der Waals surface area contributed by atoms with Crippen LogP contribution in [0, 0.1) is 5.92 Å². The van der Waals surface area contributed by atoms with Crippen molar-refractivity contribution < 1.29 is 4.79 Å². The minimum Gasteiger partial charge on any atom is -0.356 e. The van der Waals surface area contributed by atoms with Gasteiger partial charge in [0.2, 0.25) is 5.91 Å². The number of amides is 1. The van der Waals surface area contributed by atoms with Gasteiger partial charge in [0, 0.05) is 6.54 Å². The molecule has 0 aliphatic rings. The fraction of sp³-hybridized carbons (Fsp3) is 0.533. The molecule has 2 heteroatoms. The largest absolute Gasteiger partial charge is 0.356 e. The molecule has 0 aromatic heterocycles. The van der Waals surface area contributed by atoms with Gasteiger partial charge in [-0.1, -0.05) is 57.5 Å². The van der Waals surface area contributed by atoms with Crippen LogP contribution in [0.5, 0.6) is 0 Å². The predicted octanol–water partition coefficient (Wildman–Crippen LogP) is 3.34. The van der Waals surface area contributed by atoms with Crippen LogP contribution in [-0.2, 0) is 4.79 Å². The minimum atomic E-state index is -0.0342. The van der Waals surface area contributed by atoms with Gasteiger partial charge in [0.1, 0.15) is 0 Å². The highest BCUT2D eigenvalue weighted by Crippen LogP contribution is 2.24. The van der Waals surface area contributed by atoms with E-state index in [4.69, 9.17) is 0 Å². The fourth-order valence-corrected chi connectivity index (χ4v) is 2.00. The van der Waals surface area contributed by atoms with Crippen LogP contribution in [0.3, 0.4) is 0 Å². The zero-order valence-electron chi connectivity index (χ0n) is 11.1. The van der Waals surface area contributed by atoms with Crippen molar-refractivity contribution in [2.45, 2.75) is 39.5 Å². The predicted molar refractivity (Wildman–Crippen MR) is 71.9 cm³/mol. The molecule has 0 radical (unpaired) electrons. The Hall–Kier alpha value is -1.31. The molecule has 0 bridgehead atoms. The van der Waals surface area contributed by atoms with E-state index in [1.54, 1.807) is 0 Å². The standard InChI is InChI=1S/C15H23NO/c1-4-5-11-16-15(17)14(12(2)3)13-9-7-6-8-10-13/h6-10,12,14H,4-5,11H2,1-3H3,(H,16,17). The summed E-state index contributed by atoms with van der Waals surface area (Å²) in [6.07, 6.45) is 2.16. The first-order valence-corrected chi connectivity index (χ1v) is 6.49. The summed E-state index contributed by atoms with van der Waals surface area (Å²) in [5, 5.41) is 3.02. The van der Waals surface area contributed by atoms with Gasteiger partial charge in [-0.05, 0) is 17.9 Å². The van der Waals surface area contributed by atoms with E-state index in [0.29, 0.717) is 5.92 Å². The normalized spacial score (nSPS) is 12.5. The van der Waals surface area contributed by atoms with Crippen molar-refractivity contribution in [1.82, 2.24) is 5.32 Å². The maximum Gasteiger partial charge on any atom is 0.227 e. The van der Waals surface area contributed by atoms with Gasteiger partial charge in [0.25, 0.3) is 0 Å². The maximum atomic E-state index is 12.1. The second kappa shape index (κ2) is 7.10. The first kappa shape index (κ1) is 13.8. The number of unbranched alkanes of at least 4 members (excludes halogenated alkanes) is 1. The van der Waals surface area contributed by atoms with Crippen LogP contribution in [-0.4, -0.2) is 12.5 Å². The Balaban J connectivity index is 2.70. The average molecular weight is 233 g/mol. The number of carbonyl (C=O) groups is 1. The van der Waals surface area contributed by atoms with Gasteiger partial charge >= 0.3 is 0 Å². The SMILES string of the molecule is CCCCNC(=O)C(c1ccccc1)C(C)C. The van der Waals surface area contributed by atoms with Crippen LogP contribution in [0.25, 0.3) is 0 Å². The molecule has 1 aromatic carbocycles. The third-order valence-corrected chi connectivity index (χ3v) is 2.94. The zero-order valence-corrected chi connectivity index (χ0v) is 11.1. The molecule has 1 aromatic rings. The van der Waals surface area contributed by atoms with Gasteiger partial charge in [-0.25, -0.2) is 0 Å². The van der Waals surface area contributed by atoms with Gasteiger partial charge in [-0.3, -0.25) is 4.79 Å². The van der Waals surface area contributed by atoms with Crippen molar-refractivity contribution in [1.29, 1.82) is 0 Å². The molecule has 0 fully saturated rings. The van der Waals surface area contributed by atoms with Crippen molar-refractivity contribution in [3.63, 3.8) is 0 Å². The summed E-state index contributed by atoms with van der Waals surface area (Å²) >= 11 is 0. The number of hydrogen-bond acceptors (Lipinski definition) is 1. The molecular weight excluding hydrogens is 210 g/mol. The Bertz CT molecular complexity index is 332. The molecular formula is C15H23NO. The summed E-state index contributed by atoms with van der Waals surface area (Å²) in [7, 11) is 0. The van der Waals surface area contributed by atoms with Gasteiger partial charge < -0.3 is 5.32 Å². The van der Waals surface area contributed by atoms with E-state index in [-0.39, 0.29) is 11.8 Å². The van der Waals surface area contributed by atoms with Crippen molar-refractivity contribution in [3.05, 3.63) is 35.9 Å². The third kappa shape index (κ3) is 4.22. The van der Waals surface area contributed by atoms with E-state index in [1.807, 2.05) is 30.3 Å². The summed E-state index contributed by atoms with van der Waals surface area (Å²) in [6.45, 7) is 7.10. The molecule has 0 spiro atoms. The number of carbonyl (C=O) groups excluding carboxylic acids is 1. The quantitative estimate of drug-likeness (QED) is 0.750. The molecule has 1 amide bonds. The van der Waals surface area contributed by atoms with Crippen LogP contribution in [0.1, 0.15) is 45.1 Å². The number of rotatable bonds is 6. The highest BCUT2D eigenvalue weighted by atomic mass is 16.1. The number of hydrogen-bond donors (Lipinski definition) is 1. The van der Waals surface area contributed by atoms with Gasteiger partial charge in [0.15, 0.2) is 0 Å².